The first-order chi connectivity index (χ1) is 10.6. The van der Waals surface area contributed by atoms with Crippen molar-refractivity contribution in [3.63, 3.8) is 0 Å². The van der Waals surface area contributed by atoms with E-state index in [4.69, 9.17) is 4.74 Å². The van der Waals surface area contributed by atoms with Gasteiger partial charge in [-0.25, -0.2) is 0 Å². The van der Waals surface area contributed by atoms with E-state index < -0.39 is 6.10 Å². The summed E-state index contributed by atoms with van der Waals surface area (Å²) in [4.78, 5) is 14.3. The van der Waals surface area contributed by atoms with E-state index >= 15 is 0 Å². The van der Waals surface area contributed by atoms with Gasteiger partial charge in [0, 0.05) is 32.7 Å². The second kappa shape index (κ2) is 8.30. The number of piperidine rings is 1. The highest BCUT2D eigenvalue weighted by atomic mass is 16.5. The van der Waals surface area contributed by atoms with Crippen LogP contribution in [-0.2, 0) is 9.53 Å². The first-order valence-corrected chi connectivity index (χ1v) is 8.14. The topological polar surface area (TPSA) is 49.8 Å². The van der Waals surface area contributed by atoms with Crippen molar-refractivity contribution in [3.05, 3.63) is 35.9 Å². The molecule has 1 saturated heterocycles. The summed E-state index contributed by atoms with van der Waals surface area (Å²) in [6.45, 7) is 4.07. The first kappa shape index (κ1) is 17.0. The third-order valence-electron chi connectivity index (χ3n) is 4.62. The zero-order valence-electron chi connectivity index (χ0n) is 13.6. The van der Waals surface area contributed by atoms with Gasteiger partial charge in [0.05, 0.1) is 6.10 Å². The molecule has 0 bridgehead atoms. The second-order valence-corrected chi connectivity index (χ2v) is 6.20. The van der Waals surface area contributed by atoms with Gasteiger partial charge in [0.2, 0.25) is 5.91 Å². The molecule has 1 aromatic rings. The quantitative estimate of drug-likeness (QED) is 0.879. The van der Waals surface area contributed by atoms with E-state index in [1.54, 1.807) is 7.11 Å². The summed E-state index contributed by atoms with van der Waals surface area (Å²) in [5, 5.41) is 10.5. The van der Waals surface area contributed by atoms with Crippen LogP contribution in [0.15, 0.2) is 30.3 Å². The molecular formula is C18H27NO3. The van der Waals surface area contributed by atoms with Crippen LogP contribution >= 0.6 is 0 Å². The number of likely N-dealkylation sites (tertiary alicyclic amines) is 1. The third-order valence-corrected chi connectivity index (χ3v) is 4.62. The number of rotatable bonds is 6. The molecule has 2 atom stereocenters. The number of aliphatic hydroxyl groups is 1. The number of benzene rings is 1. The Balaban J connectivity index is 1.84. The van der Waals surface area contributed by atoms with Crippen LogP contribution in [0.25, 0.3) is 0 Å². The van der Waals surface area contributed by atoms with Gasteiger partial charge in [-0.15, -0.1) is 0 Å². The van der Waals surface area contributed by atoms with E-state index in [1.807, 2.05) is 42.2 Å². The summed E-state index contributed by atoms with van der Waals surface area (Å²) in [6.07, 6.45) is 2.06. The number of carbonyl (C=O) groups is 1. The fourth-order valence-electron chi connectivity index (χ4n) is 3.09. The summed E-state index contributed by atoms with van der Waals surface area (Å²) < 4.78 is 5.04. The van der Waals surface area contributed by atoms with E-state index in [2.05, 4.69) is 0 Å². The van der Waals surface area contributed by atoms with E-state index in [-0.39, 0.29) is 17.7 Å². The van der Waals surface area contributed by atoms with Crippen LogP contribution in [-0.4, -0.2) is 42.7 Å². The highest BCUT2D eigenvalue weighted by Crippen LogP contribution is 2.31. The van der Waals surface area contributed by atoms with Gasteiger partial charge in [-0.05, 0) is 30.7 Å². The summed E-state index contributed by atoms with van der Waals surface area (Å²) in [5.74, 6) is 0.459. The number of nitrogens with zero attached hydrogens (tertiary/aromatic N) is 1. The standard InChI is InChI=1S/C18H27NO3/c1-14(10-13-22-2)18(21)19-11-8-16(9-12-19)17(20)15-6-4-3-5-7-15/h3-7,14,16-17,20H,8-13H2,1-2H3. The second-order valence-electron chi connectivity index (χ2n) is 6.20. The van der Waals surface area contributed by atoms with Gasteiger partial charge in [0.25, 0.3) is 0 Å². The first-order valence-electron chi connectivity index (χ1n) is 8.14. The Kier molecular flexibility index (Phi) is 6.40. The fraction of sp³-hybridized carbons (Fsp3) is 0.611. The highest BCUT2D eigenvalue weighted by Gasteiger charge is 2.29. The lowest BCUT2D eigenvalue weighted by atomic mass is 9.87. The molecule has 0 radical (unpaired) electrons. The maximum Gasteiger partial charge on any atom is 0.225 e. The lowest BCUT2D eigenvalue weighted by Crippen LogP contribution is -2.42. The lowest BCUT2D eigenvalue weighted by Gasteiger charge is -2.35. The maximum absolute atomic E-state index is 12.4. The number of hydrogen-bond acceptors (Lipinski definition) is 3. The van der Waals surface area contributed by atoms with Crippen LogP contribution in [0.2, 0.25) is 0 Å². The van der Waals surface area contributed by atoms with Crippen molar-refractivity contribution >= 4 is 5.91 Å². The fourth-order valence-corrected chi connectivity index (χ4v) is 3.09. The molecule has 2 rings (SSSR count). The summed E-state index contributed by atoms with van der Waals surface area (Å²) in [6, 6.07) is 9.80. The van der Waals surface area contributed by atoms with Crippen molar-refractivity contribution < 1.29 is 14.6 Å². The van der Waals surface area contributed by atoms with Gasteiger partial charge < -0.3 is 14.7 Å². The maximum atomic E-state index is 12.4. The van der Waals surface area contributed by atoms with Crippen LogP contribution in [0.5, 0.6) is 0 Å². The van der Waals surface area contributed by atoms with Crippen molar-refractivity contribution in [1.29, 1.82) is 0 Å². The SMILES string of the molecule is COCCC(C)C(=O)N1CCC(C(O)c2ccccc2)CC1. The summed E-state index contributed by atoms with van der Waals surface area (Å²) >= 11 is 0. The van der Waals surface area contributed by atoms with Gasteiger partial charge in [0.15, 0.2) is 0 Å². The highest BCUT2D eigenvalue weighted by molar-refractivity contribution is 5.78. The predicted octanol–water partition coefficient (Wildman–Crippen LogP) is 2.63. The minimum absolute atomic E-state index is 0.00977. The molecule has 122 valence electrons. The normalized spacial score (nSPS) is 19.0. The van der Waals surface area contributed by atoms with Crippen LogP contribution in [0.4, 0.5) is 0 Å². The molecule has 1 aliphatic rings. The van der Waals surface area contributed by atoms with Crippen LogP contribution in [0.3, 0.4) is 0 Å². The van der Waals surface area contributed by atoms with Crippen molar-refractivity contribution in [2.75, 3.05) is 26.8 Å². The van der Waals surface area contributed by atoms with E-state index in [9.17, 15) is 9.90 Å². The molecule has 0 saturated carbocycles. The van der Waals surface area contributed by atoms with Gasteiger partial charge in [0.1, 0.15) is 0 Å². The Morgan fingerprint density at radius 2 is 1.95 bits per heavy atom. The Bertz CT molecular complexity index is 455. The molecular weight excluding hydrogens is 278 g/mol. The van der Waals surface area contributed by atoms with Crippen LogP contribution in [0.1, 0.15) is 37.9 Å². The van der Waals surface area contributed by atoms with Crippen LogP contribution < -0.4 is 0 Å². The number of amides is 1. The Hall–Kier alpha value is -1.39. The largest absolute Gasteiger partial charge is 0.388 e. The Labute approximate surface area is 133 Å². The van der Waals surface area contributed by atoms with Gasteiger partial charge >= 0.3 is 0 Å². The molecule has 0 aliphatic carbocycles. The zero-order valence-corrected chi connectivity index (χ0v) is 13.6. The average Bonchev–Trinajstić information content (AvgIpc) is 2.59. The van der Waals surface area contributed by atoms with Gasteiger partial charge in [-0.3, -0.25) is 4.79 Å². The summed E-state index contributed by atoms with van der Waals surface area (Å²) in [7, 11) is 1.66. The summed E-state index contributed by atoms with van der Waals surface area (Å²) in [5.41, 5.74) is 0.973. The molecule has 2 unspecified atom stereocenters. The smallest absolute Gasteiger partial charge is 0.225 e. The molecule has 4 heteroatoms. The molecule has 1 aliphatic heterocycles. The predicted molar refractivity (Wildman–Crippen MR) is 86.4 cm³/mol. The molecule has 4 nitrogen and oxygen atoms in total. The molecule has 0 spiro atoms. The van der Waals surface area contributed by atoms with Crippen molar-refractivity contribution in [2.45, 2.75) is 32.3 Å². The Morgan fingerprint density at radius 1 is 1.32 bits per heavy atom. The molecule has 1 N–H and O–H groups in total. The number of methoxy groups -OCH3 is 1. The molecule has 1 aromatic carbocycles. The van der Waals surface area contributed by atoms with Gasteiger partial charge in [-0.2, -0.15) is 0 Å². The number of aliphatic hydroxyl groups excluding tert-OH is 1. The monoisotopic (exact) mass is 305 g/mol. The molecule has 0 aromatic heterocycles. The molecule has 1 heterocycles. The van der Waals surface area contributed by atoms with E-state index in [0.29, 0.717) is 6.61 Å². The van der Waals surface area contributed by atoms with Gasteiger partial charge in [-0.1, -0.05) is 37.3 Å². The number of ether oxygens (including phenoxy) is 1. The minimum Gasteiger partial charge on any atom is -0.388 e. The number of carbonyl (C=O) groups excluding carboxylic acids is 1. The van der Waals surface area contributed by atoms with Crippen LogP contribution in [0, 0.1) is 11.8 Å². The lowest BCUT2D eigenvalue weighted by molar-refractivity contribution is -0.137. The third kappa shape index (κ3) is 4.31. The molecule has 22 heavy (non-hydrogen) atoms. The minimum atomic E-state index is -0.427. The van der Waals surface area contributed by atoms with E-state index in [1.165, 1.54) is 0 Å². The Morgan fingerprint density at radius 3 is 2.55 bits per heavy atom. The van der Waals surface area contributed by atoms with Crippen molar-refractivity contribution in [3.8, 4) is 0 Å². The zero-order chi connectivity index (χ0) is 15.9. The van der Waals surface area contributed by atoms with E-state index in [0.717, 1.165) is 37.9 Å². The van der Waals surface area contributed by atoms with Crippen molar-refractivity contribution in [1.82, 2.24) is 4.90 Å². The molecule has 1 amide bonds. The average molecular weight is 305 g/mol. The molecule has 1 fully saturated rings. The van der Waals surface area contributed by atoms with Crippen molar-refractivity contribution in [2.24, 2.45) is 11.8 Å². The number of hydrogen-bond donors (Lipinski definition) is 1.